The highest BCUT2D eigenvalue weighted by atomic mass is 16.5. The molecule has 0 aromatic heterocycles. The van der Waals surface area contributed by atoms with Crippen molar-refractivity contribution in [3.8, 4) is 17.2 Å². The lowest BCUT2D eigenvalue weighted by atomic mass is 9.95. The Bertz CT molecular complexity index is 1240. The predicted octanol–water partition coefficient (Wildman–Crippen LogP) is 4.13. The first-order valence-electron chi connectivity index (χ1n) is 13.6. The number of nitrogens with one attached hydrogen (secondary N) is 2. The van der Waals surface area contributed by atoms with Gasteiger partial charge < -0.3 is 30.3 Å². The maximum Gasteiger partial charge on any atom is 0.174 e. The molecule has 0 aliphatic carbocycles. The number of aliphatic hydroxyl groups is 1. The number of rotatable bonds is 10. The Labute approximate surface area is 229 Å². The lowest BCUT2D eigenvalue weighted by Gasteiger charge is -2.33. The molecular formula is C31H37N3O5. The second-order valence-electron chi connectivity index (χ2n) is 10.4. The van der Waals surface area contributed by atoms with Crippen LogP contribution >= 0.6 is 0 Å². The number of carbonyl (C=O) groups is 1. The van der Waals surface area contributed by atoms with Gasteiger partial charge in [-0.1, -0.05) is 42.5 Å². The van der Waals surface area contributed by atoms with Crippen LogP contribution in [0.25, 0.3) is 0 Å². The maximum atomic E-state index is 12.7. The number of carbonyl (C=O) groups excluding carboxylic acids is 1. The molecule has 2 atom stereocenters. The van der Waals surface area contributed by atoms with E-state index >= 15 is 0 Å². The van der Waals surface area contributed by atoms with Crippen LogP contribution in [0.2, 0.25) is 0 Å². The molecule has 2 aliphatic rings. The van der Waals surface area contributed by atoms with Crippen molar-refractivity contribution in [3.63, 3.8) is 0 Å². The van der Waals surface area contributed by atoms with Crippen molar-refractivity contribution in [1.29, 1.82) is 0 Å². The van der Waals surface area contributed by atoms with Crippen LogP contribution < -0.4 is 20.1 Å². The van der Waals surface area contributed by atoms with Gasteiger partial charge in [0.1, 0.15) is 28.9 Å². The Hall–Kier alpha value is -3.59. The van der Waals surface area contributed by atoms with E-state index in [-0.39, 0.29) is 23.5 Å². The van der Waals surface area contributed by atoms with Crippen LogP contribution in [-0.4, -0.2) is 66.3 Å². The van der Waals surface area contributed by atoms with Crippen LogP contribution in [-0.2, 0) is 6.54 Å². The Morgan fingerprint density at radius 3 is 2.51 bits per heavy atom. The van der Waals surface area contributed by atoms with Crippen molar-refractivity contribution >= 4 is 11.5 Å². The first-order valence-corrected chi connectivity index (χ1v) is 13.6. The predicted molar refractivity (Wildman–Crippen MR) is 151 cm³/mol. The number of hydrogen-bond acceptors (Lipinski definition) is 8. The third-order valence-electron chi connectivity index (χ3n) is 7.51. The highest BCUT2D eigenvalue weighted by Gasteiger charge is 2.31. The molecule has 3 aromatic rings. The van der Waals surface area contributed by atoms with E-state index in [0.29, 0.717) is 30.6 Å². The number of aliphatic hydroxyl groups excluding tert-OH is 1. The number of hydrogen-bond donors (Lipinski definition) is 4. The summed E-state index contributed by atoms with van der Waals surface area (Å²) >= 11 is 0. The molecule has 3 aromatic carbocycles. The van der Waals surface area contributed by atoms with Crippen LogP contribution in [0.1, 0.15) is 46.9 Å². The molecule has 5 rings (SSSR count). The minimum atomic E-state index is -0.509. The molecule has 206 valence electrons. The molecule has 39 heavy (non-hydrogen) atoms. The summed E-state index contributed by atoms with van der Waals surface area (Å²) in [6, 6.07) is 21.7. The summed E-state index contributed by atoms with van der Waals surface area (Å²) in [5.74, 6) is 0.462. The van der Waals surface area contributed by atoms with Gasteiger partial charge in [0.05, 0.1) is 19.6 Å². The number of aromatic hydroxyl groups is 1. The van der Waals surface area contributed by atoms with Crippen LogP contribution in [0.4, 0.5) is 5.69 Å². The van der Waals surface area contributed by atoms with Gasteiger partial charge in [0.25, 0.3) is 0 Å². The molecule has 8 nitrogen and oxygen atoms in total. The third kappa shape index (κ3) is 6.89. The number of benzene rings is 3. The standard InChI is InChI=1S/C31H37N3O5/c1-38-26-15-27(36)31-28(37)17-29(39-30(31)16-26)22-7-9-23(10-8-22)32-18-25(35)19-33-24-11-13-34(14-12-24)20-21-5-3-2-4-6-21/h2-10,15-16,24-25,29,32-33,35-36H,11-14,17-20H2,1H3/t25?,29-/m0/s1. The average Bonchev–Trinajstić information content (AvgIpc) is 2.96. The molecule has 8 heteroatoms. The lowest BCUT2D eigenvalue weighted by Crippen LogP contribution is -2.45. The van der Waals surface area contributed by atoms with Crippen LogP contribution in [0.3, 0.4) is 0 Å². The number of nitrogens with zero attached hydrogens (tertiary/aromatic N) is 1. The summed E-state index contributed by atoms with van der Waals surface area (Å²) in [4.78, 5) is 15.2. The minimum Gasteiger partial charge on any atom is -0.507 e. The number of anilines is 1. The summed E-state index contributed by atoms with van der Waals surface area (Å²) < 4.78 is 11.2. The third-order valence-corrected chi connectivity index (χ3v) is 7.51. The van der Waals surface area contributed by atoms with Crippen molar-refractivity contribution < 1.29 is 24.5 Å². The van der Waals surface area contributed by atoms with E-state index in [1.165, 1.54) is 18.7 Å². The number of piperidine rings is 1. The topological polar surface area (TPSA) is 103 Å². The maximum absolute atomic E-state index is 12.7. The lowest BCUT2D eigenvalue weighted by molar-refractivity contribution is 0.0844. The largest absolute Gasteiger partial charge is 0.507 e. The van der Waals surface area contributed by atoms with E-state index in [0.717, 1.165) is 43.7 Å². The highest BCUT2D eigenvalue weighted by molar-refractivity contribution is 6.02. The summed E-state index contributed by atoms with van der Waals surface area (Å²) in [5, 5.41) is 27.5. The first kappa shape index (κ1) is 27.0. The van der Waals surface area contributed by atoms with Gasteiger partial charge in [-0.2, -0.15) is 0 Å². The highest BCUT2D eigenvalue weighted by Crippen LogP contribution is 2.41. The molecular weight excluding hydrogens is 494 g/mol. The molecule has 4 N–H and O–H groups in total. The zero-order valence-corrected chi connectivity index (χ0v) is 22.3. The number of fused-ring (bicyclic) bond motifs is 1. The molecule has 2 aliphatic heterocycles. The summed E-state index contributed by atoms with van der Waals surface area (Å²) in [6.45, 7) is 4.09. The zero-order valence-electron chi connectivity index (χ0n) is 22.3. The number of phenolic OH excluding ortho intramolecular Hbond substituents is 1. The molecule has 0 spiro atoms. The fraction of sp³-hybridized carbons (Fsp3) is 0.387. The molecule has 1 unspecified atom stereocenters. The Morgan fingerprint density at radius 1 is 1.05 bits per heavy atom. The number of ether oxygens (including phenoxy) is 2. The second-order valence-corrected chi connectivity index (χ2v) is 10.4. The smallest absolute Gasteiger partial charge is 0.174 e. The fourth-order valence-corrected chi connectivity index (χ4v) is 5.28. The summed E-state index contributed by atoms with van der Waals surface area (Å²) in [6.07, 6.45) is 1.36. The fourth-order valence-electron chi connectivity index (χ4n) is 5.28. The van der Waals surface area contributed by atoms with Crippen LogP contribution in [0, 0.1) is 0 Å². The van der Waals surface area contributed by atoms with Gasteiger partial charge in [0.2, 0.25) is 0 Å². The normalized spacial score (nSPS) is 18.7. The zero-order chi connectivity index (χ0) is 27.2. The number of likely N-dealkylation sites (tertiary alicyclic amines) is 1. The van der Waals surface area contributed by atoms with E-state index in [2.05, 4.69) is 45.9 Å². The van der Waals surface area contributed by atoms with Gasteiger partial charge in [-0.05, 0) is 49.2 Å². The SMILES string of the molecule is COc1cc(O)c2c(c1)O[C@H](c1ccc(NCC(O)CNC3CCN(Cc4ccccc4)CC3)cc1)CC2=O. The van der Waals surface area contributed by atoms with Crippen LogP contribution in [0.15, 0.2) is 66.7 Å². The van der Waals surface area contributed by atoms with Gasteiger partial charge in [-0.25, -0.2) is 0 Å². The van der Waals surface area contributed by atoms with Gasteiger partial charge >= 0.3 is 0 Å². The number of Topliss-reactive ketones (excluding diaryl/α,β-unsaturated/α-hetero) is 1. The molecule has 0 bridgehead atoms. The second kappa shape index (κ2) is 12.5. The van der Waals surface area contributed by atoms with E-state index in [1.807, 2.05) is 24.3 Å². The van der Waals surface area contributed by atoms with E-state index in [1.54, 1.807) is 6.07 Å². The average molecular weight is 532 g/mol. The minimum absolute atomic E-state index is 0.131. The Morgan fingerprint density at radius 2 is 1.79 bits per heavy atom. The van der Waals surface area contributed by atoms with Crippen molar-refractivity contribution in [2.75, 3.05) is 38.6 Å². The van der Waals surface area contributed by atoms with Gasteiger partial charge in [0.15, 0.2) is 5.78 Å². The first-order chi connectivity index (χ1) is 19.0. The van der Waals surface area contributed by atoms with E-state index < -0.39 is 12.2 Å². The van der Waals surface area contributed by atoms with Crippen molar-refractivity contribution in [2.45, 2.75) is 44.1 Å². The number of ketones is 1. The Kier molecular flexibility index (Phi) is 8.66. The van der Waals surface area contributed by atoms with Gasteiger partial charge in [-0.15, -0.1) is 0 Å². The summed E-state index contributed by atoms with van der Waals surface area (Å²) in [7, 11) is 1.50. The van der Waals surface area contributed by atoms with Gasteiger partial charge in [-0.3, -0.25) is 9.69 Å². The van der Waals surface area contributed by atoms with Crippen molar-refractivity contribution in [1.82, 2.24) is 10.2 Å². The molecule has 0 amide bonds. The summed E-state index contributed by atoms with van der Waals surface area (Å²) in [5.41, 5.74) is 3.30. The van der Waals surface area contributed by atoms with Gasteiger partial charge in [0, 0.05) is 43.5 Å². The number of phenols is 1. The van der Waals surface area contributed by atoms with E-state index in [4.69, 9.17) is 9.47 Å². The molecule has 1 fully saturated rings. The molecule has 2 heterocycles. The number of methoxy groups -OCH3 is 1. The van der Waals surface area contributed by atoms with E-state index in [9.17, 15) is 15.0 Å². The molecule has 1 saturated heterocycles. The quantitative estimate of drug-likeness (QED) is 0.310. The Balaban J connectivity index is 1.05. The molecule has 0 radical (unpaired) electrons. The monoisotopic (exact) mass is 531 g/mol. The van der Waals surface area contributed by atoms with Crippen molar-refractivity contribution in [2.24, 2.45) is 0 Å². The van der Waals surface area contributed by atoms with Crippen LogP contribution in [0.5, 0.6) is 17.2 Å². The molecule has 0 saturated carbocycles. The van der Waals surface area contributed by atoms with Crippen molar-refractivity contribution in [3.05, 3.63) is 83.4 Å².